The van der Waals surface area contributed by atoms with E-state index in [2.05, 4.69) is 5.32 Å². The van der Waals surface area contributed by atoms with Gasteiger partial charge in [0.2, 0.25) is 0 Å². The number of ether oxygens (including phenoxy) is 3. The quantitative estimate of drug-likeness (QED) is 0.402. The first kappa shape index (κ1) is 19.3. The van der Waals surface area contributed by atoms with Crippen LogP contribution in [0, 0.1) is 0 Å². The number of carbonyl (C=O) groups excluding carboxylic acids is 2. The maximum absolute atomic E-state index is 11.8. The van der Waals surface area contributed by atoms with Crippen LogP contribution in [0.3, 0.4) is 0 Å². The Morgan fingerprint density at radius 2 is 1.96 bits per heavy atom. The lowest BCUT2D eigenvalue weighted by molar-refractivity contribution is -0.145. The second-order valence-electron chi connectivity index (χ2n) is 4.76. The molecular weight excluding hydrogens is 322 g/mol. The predicted octanol–water partition coefficient (Wildman–Crippen LogP) is 2.84. The number of rotatable bonds is 10. The number of unbranched alkanes of at least 4 members (excludes halogenated alkanes) is 1. The number of alkyl halides is 1. The molecule has 0 aliphatic heterocycles. The monoisotopic (exact) mass is 343 g/mol. The first-order valence-corrected chi connectivity index (χ1v) is 7.98. The van der Waals surface area contributed by atoms with Crippen molar-refractivity contribution in [1.82, 2.24) is 5.32 Å². The van der Waals surface area contributed by atoms with Crippen molar-refractivity contribution in [2.24, 2.45) is 0 Å². The lowest BCUT2D eigenvalue weighted by Crippen LogP contribution is -2.45. The van der Waals surface area contributed by atoms with Gasteiger partial charge in [0.1, 0.15) is 6.61 Å². The van der Waals surface area contributed by atoms with E-state index in [0.717, 1.165) is 18.4 Å². The highest BCUT2D eigenvalue weighted by molar-refractivity contribution is 6.17. The molecule has 0 aliphatic rings. The van der Waals surface area contributed by atoms with Crippen LogP contribution in [0.5, 0.6) is 0 Å². The minimum atomic E-state index is -0.950. The first-order valence-electron chi connectivity index (χ1n) is 7.45. The van der Waals surface area contributed by atoms with E-state index < -0.39 is 18.1 Å². The summed E-state index contributed by atoms with van der Waals surface area (Å²) in [5, 5.41) is 2.43. The van der Waals surface area contributed by atoms with Crippen molar-refractivity contribution < 1.29 is 23.8 Å². The molecule has 1 N–H and O–H groups in total. The molecule has 0 saturated carbocycles. The zero-order chi connectivity index (χ0) is 16.9. The Balaban J connectivity index is 2.43. The number of alkyl carbamates (subject to hydrolysis) is 1. The van der Waals surface area contributed by atoms with Gasteiger partial charge < -0.3 is 19.5 Å². The number of hydrogen-bond acceptors (Lipinski definition) is 5. The third-order valence-electron chi connectivity index (χ3n) is 2.91. The molecule has 0 aliphatic carbocycles. The van der Waals surface area contributed by atoms with Crippen molar-refractivity contribution in [3.05, 3.63) is 35.9 Å². The number of nitrogens with one attached hydrogen (secondary N) is 1. The van der Waals surface area contributed by atoms with Gasteiger partial charge in [0, 0.05) is 6.61 Å². The normalized spacial score (nSPS) is 11.6. The summed E-state index contributed by atoms with van der Waals surface area (Å²) in [5.74, 6) is -0.659. The van der Waals surface area contributed by atoms with Crippen LogP contribution in [-0.4, -0.2) is 37.4 Å². The minimum Gasteiger partial charge on any atom is -0.448 e. The summed E-state index contributed by atoms with van der Waals surface area (Å²) in [4.78, 5) is 23.6. The molecule has 0 spiro atoms. The molecule has 0 aromatic heterocycles. The van der Waals surface area contributed by atoms with E-state index in [1.165, 1.54) is 0 Å². The van der Waals surface area contributed by atoms with E-state index in [4.69, 9.17) is 25.8 Å². The zero-order valence-corrected chi connectivity index (χ0v) is 13.9. The van der Waals surface area contributed by atoms with Gasteiger partial charge in [-0.15, -0.1) is 0 Å². The van der Waals surface area contributed by atoms with Gasteiger partial charge in [0.05, 0.1) is 6.61 Å². The van der Waals surface area contributed by atoms with Gasteiger partial charge in [-0.05, 0) is 12.0 Å². The molecule has 1 unspecified atom stereocenters. The molecule has 1 aromatic rings. The van der Waals surface area contributed by atoms with Crippen LogP contribution in [0.2, 0.25) is 0 Å². The van der Waals surface area contributed by atoms with Gasteiger partial charge in [-0.2, -0.15) is 0 Å². The number of esters is 1. The Hall–Kier alpha value is -1.79. The van der Waals surface area contributed by atoms with E-state index in [1.807, 2.05) is 37.3 Å². The molecule has 1 rings (SSSR count). The summed E-state index contributed by atoms with van der Waals surface area (Å²) in [6.45, 7) is 2.65. The van der Waals surface area contributed by atoms with Crippen LogP contribution in [0.25, 0.3) is 0 Å². The van der Waals surface area contributed by atoms with Crippen molar-refractivity contribution >= 4 is 23.7 Å². The van der Waals surface area contributed by atoms with E-state index in [9.17, 15) is 9.59 Å². The lowest BCUT2D eigenvalue weighted by Gasteiger charge is -2.17. The highest BCUT2D eigenvalue weighted by Crippen LogP contribution is 2.02. The van der Waals surface area contributed by atoms with E-state index in [0.29, 0.717) is 6.61 Å². The summed E-state index contributed by atoms with van der Waals surface area (Å²) in [5.41, 5.74) is 0.849. The number of hydrogen-bond donors (Lipinski definition) is 1. The summed E-state index contributed by atoms with van der Waals surface area (Å²) in [6, 6.07) is 7.99. The van der Waals surface area contributed by atoms with Crippen LogP contribution < -0.4 is 5.32 Å². The average Bonchev–Trinajstić information content (AvgIpc) is 2.57. The fraction of sp³-hybridized carbons (Fsp3) is 0.500. The molecule has 0 radical (unpaired) electrons. The van der Waals surface area contributed by atoms with Crippen LogP contribution in [-0.2, 0) is 25.6 Å². The first-order chi connectivity index (χ1) is 11.2. The second-order valence-corrected chi connectivity index (χ2v) is 4.98. The predicted molar refractivity (Wildman–Crippen MR) is 86.1 cm³/mol. The Morgan fingerprint density at radius 3 is 2.61 bits per heavy atom. The molecule has 0 saturated heterocycles. The van der Waals surface area contributed by atoms with Crippen LogP contribution in [0.1, 0.15) is 25.3 Å². The van der Waals surface area contributed by atoms with Crippen molar-refractivity contribution in [3.63, 3.8) is 0 Å². The zero-order valence-electron chi connectivity index (χ0n) is 13.1. The third-order valence-corrected chi connectivity index (χ3v) is 3.02. The Labute approximate surface area is 141 Å². The van der Waals surface area contributed by atoms with Crippen LogP contribution in [0.4, 0.5) is 4.79 Å². The Kier molecular flexibility index (Phi) is 9.83. The minimum absolute atomic E-state index is 0.0101. The smallest absolute Gasteiger partial charge is 0.408 e. The summed E-state index contributed by atoms with van der Waals surface area (Å²) in [6.07, 6.45) is 1.13. The van der Waals surface area contributed by atoms with Crippen LogP contribution >= 0.6 is 11.6 Å². The molecule has 1 atom stereocenters. The molecule has 1 amide bonds. The third kappa shape index (κ3) is 8.42. The molecular formula is C16H22ClNO5. The molecule has 0 bridgehead atoms. The molecule has 0 fully saturated rings. The van der Waals surface area contributed by atoms with Gasteiger partial charge in [0.15, 0.2) is 12.1 Å². The molecule has 1 aromatic carbocycles. The van der Waals surface area contributed by atoms with Crippen molar-refractivity contribution in [1.29, 1.82) is 0 Å². The van der Waals surface area contributed by atoms with Gasteiger partial charge in [-0.1, -0.05) is 55.3 Å². The highest BCUT2D eigenvalue weighted by atomic mass is 35.5. The van der Waals surface area contributed by atoms with Gasteiger partial charge in [0.25, 0.3) is 0 Å². The number of carbonyl (C=O) groups is 2. The Morgan fingerprint density at radius 1 is 1.22 bits per heavy atom. The maximum Gasteiger partial charge on any atom is 0.408 e. The maximum atomic E-state index is 11.8. The lowest BCUT2D eigenvalue weighted by atomic mass is 10.2. The van der Waals surface area contributed by atoms with Crippen LogP contribution in [0.15, 0.2) is 30.3 Å². The van der Waals surface area contributed by atoms with Crippen molar-refractivity contribution in [2.75, 3.05) is 19.3 Å². The largest absolute Gasteiger partial charge is 0.448 e. The topological polar surface area (TPSA) is 73.9 Å². The van der Waals surface area contributed by atoms with E-state index >= 15 is 0 Å². The molecule has 23 heavy (non-hydrogen) atoms. The summed E-state index contributed by atoms with van der Waals surface area (Å²) < 4.78 is 15.1. The summed E-state index contributed by atoms with van der Waals surface area (Å²) >= 11 is 5.37. The number of amides is 1. The van der Waals surface area contributed by atoms with Crippen molar-refractivity contribution in [2.45, 2.75) is 32.4 Å². The SMILES string of the molecule is CCCCOCC(NC(=O)OCc1ccccc1)C(=O)OCCl. The van der Waals surface area contributed by atoms with Crippen molar-refractivity contribution in [3.8, 4) is 0 Å². The van der Waals surface area contributed by atoms with Gasteiger partial charge >= 0.3 is 12.1 Å². The summed E-state index contributed by atoms with van der Waals surface area (Å²) in [7, 11) is 0. The molecule has 6 nitrogen and oxygen atoms in total. The molecule has 7 heteroatoms. The molecule has 128 valence electrons. The standard InChI is InChI=1S/C16H22ClNO5/c1-2-3-9-21-11-14(15(19)23-12-17)18-16(20)22-10-13-7-5-4-6-8-13/h4-8,14H,2-3,9-12H2,1H3,(H,18,20). The van der Waals surface area contributed by atoms with E-state index in [1.54, 1.807) is 0 Å². The Bertz CT molecular complexity index is 469. The fourth-order valence-electron chi connectivity index (χ4n) is 1.68. The highest BCUT2D eigenvalue weighted by Gasteiger charge is 2.23. The average molecular weight is 344 g/mol. The number of halogens is 1. The van der Waals surface area contributed by atoms with E-state index in [-0.39, 0.29) is 19.3 Å². The number of benzene rings is 1. The molecule has 0 heterocycles. The van der Waals surface area contributed by atoms with Gasteiger partial charge in [-0.25, -0.2) is 9.59 Å². The second kappa shape index (κ2) is 11.7. The van der Waals surface area contributed by atoms with Gasteiger partial charge in [-0.3, -0.25) is 0 Å². The fourth-order valence-corrected chi connectivity index (χ4v) is 1.79.